The molecule has 2 atom stereocenters. The molecule has 0 radical (unpaired) electrons. The molecule has 3 N–H and O–H groups in total. The maximum Gasteiger partial charge on any atom is 0.430 e. The van der Waals surface area contributed by atoms with Gasteiger partial charge in [-0.1, -0.05) is 43.0 Å². The van der Waals surface area contributed by atoms with Crippen molar-refractivity contribution in [3.05, 3.63) is 71.6 Å². The van der Waals surface area contributed by atoms with Gasteiger partial charge in [0.2, 0.25) is 0 Å². The molecule has 1 aliphatic rings. The molecule has 0 aromatic heterocycles. The van der Waals surface area contributed by atoms with Gasteiger partial charge in [0, 0.05) is 30.0 Å². The third kappa shape index (κ3) is 4.42. The average molecular weight is 453 g/mol. The van der Waals surface area contributed by atoms with Crippen LogP contribution in [0, 0.1) is 5.41 Å². The van der Waals surface area contributed by atoms with Crippen molar-refractivity contribution in [3.8, 4) is 0 Å². The molecule has 10 heteroatoms. The minimum absolute atomic E-state index is 0.214. The molecule has 2 rings (SSSR count). The average Bonchev–Trinajstić information content (AvgIpc) is 3.14. The molecule has 1 heterocycles. The summed E-state index contributed by atoms with van der Waals surface area (Å²) in [4.78, 5) is 0. The fourth-order valence-corrected chi connectivity index (χ4v) is 3.69. The van der Waals surface area contributed by atoms with Crippen molar-refractivity contribution >= 4 is 0 Å². The maximum atomic E-state index is 13.4. The van der Waals surface area contributed by atoms with Crippen LogP contribution in [0.4, 0.5) is 30.7 Å². The molecule has 0 bridgehead atoms. The standard InChI is InChI=1S/C21H22F7NO2/c1-3-16(22)9-4-13(2)18(12-30)11-29-10-17(18)14-5-7-15(8-6-14)19(31,20(23,24)25)21(26,27)28/h3-9,17,29-31H,2,10-12H2,1H3/b9-4-,16-3+/t17-,18-/m0/s1. The van der Waals surface area contributed by atoms with Crippen molar-refractivity contribution in [2.45, 2.75) is 30.8 Å². The van der Waals surface area contributed by atoms with Crippen LogP contribution >= 0.6 is 0 Å². The first kappa shape index (κ1) is 25.1. The molecule has 1 aromatic carbocycles. The highest BCUT2D eigenvalue weighted by Gasteiger charge is 2.71. The number of aliphatic hydroxyl groups is 2. The Balaban J connectivity index is 2.45. The number of nitrogens with one attached hydrogen (secondary N) is 1. The van der Waals surface area contributed by atoms with Gasteiger partial charge in [-0.3, -0.25) is 0 Å². The summed E-state index contributed by atoms with van der Waals surface area (Å²) in [6, 6.07) is 3.22. The lowest BCUT2D eigenvalue weighted by atomic mass is 9.70. The van der Waals surface area contributed by atoms with Crippen LogP contribution in [0.5, 0.6) is 0 Å². The molecule has 1 aromatic rings. The van der Waals surface area contributed by atoms with Gasteiger partial charge in [-0.25, -0.2) is 4.39 Å². The van der Waals surface area contributed by atoms with Gasteiger partial charge >= 0.3 is 12.4 Å². The number of hydrogen-bond donors (Lipinski definition) is 3. The van der Waals surface area contributed by atoms with Gasteiger partial charge in [0.15, 0.2) is 0 Å². The normalized spacial score (nSPS) is 23.5. The van der Waals surface area contributed by atoms with Gasteiger partial charge in [-0.2, -0.15) is 26.3 Å². The van der Waals surface area contributed by atoms with E-state index in [4.69, 9.17) is 0 Å². The summed E-state index contributed by atoms with van der Waals surface area (Å²) in [5.74, 6) is -1.11. The SMILES string of the molecule is C=C(/C=C\C(F)=C/C)[C@@]1(CO)CNC[C@H]1c1ccc(C(O)(C(F)(F)F)C(F)(F)F)cc1. The summed E-state index contributed by atoms with van der Waals surface area (Å²) < 4.78 is 91.9. The fraction of sp³-hybridized carbons (Fsp3) is 0.429. The number of aliphatic hydroxyl groups excluding tert-OH is 1. The summed E-state index contributed by atoms with van der Waals surface area (Å²) in [7, 11) is 0. The van der Waals surface area contributed by atoms with E-state index in [1.165, 1.54) is 19.1 Å². The smallest absolute Gasteiger partial charge is 0.395 e. The monoisotopic (exact) mass is 453 g/mol. The first-order valence-electron chi connectivity index (χ1n) is 9.21. The number of alkyl halides is 6. The summed E-state index contributed by atoms with van der Waals surface area (Å²) in [5.41, 5.74) is -6.76. The van der Waals surface area contributed by atoms with Gasteiger partial charge in [-0.15, -0.1) is 0 Å². The molecule has 0 spiro atoms. The summed E-state index contributed by atoms with van der Waals surface area (Å²) in [6.07, 6.45) is -8.24. The van der Waals surface area contributed by atoms with E-state index in [2.05, 4.69) is 11.9 Å². The van der Waals surface area contributed by atoms with Gasteiger partial charge in [0.1, 0.15) is 5.83 Å². The minimum Gasteiger partial charge on any atom is -0.395 e. The summed E-state index contributed by atoms with van der Waals surface area (Å²) in [6.45, 7) is 5.37. The Labute approximate surface area is 174 Å². The third-order valence-electron chi connectivity index (χ3n) is 5.65. The van der Waals surface area contributed by atoms with E-state index in [9.17, 15) is 40.9 Å². The second-order valence-corrected chi connectivity index (χ2v) is 7.36. The first-order chi connectivity index (χ1) is 14.2. The molecule has 0 aliphatic carbocycles. The molecule has 172 valence electrons. The van der Waals surface area contributed by atoms with Crippen LogP contribution in [0.2, 0.25) is 0 Å². The summed E-state index contributed by atoms with van der Waals surface area (Å²) in [5, 5.41) is 22.6. The topological polar surface area (TPSA) is 52.5 Å². The lowest BCUT2D eigenvalue weighted by molar-refractivity contribution is -0.376. The molecule has 0 amide bonds. The van der Waals surface area contributed by atoms with E-state index in [0.29, 0.717) is 23.3 Å². The number of rotatable bonds is 6. The van der Waals surface area contributed by atoms with Crippen molar-refractivity contribution < 1.29 is 40.9 Å². The van der Waals surface area contributed by atoms with Crippen molar-refractivity contribution in [2.75, 3.05) is 19.7 Å². The lowest BCUT2D eigenvalue weighted by Gasteiger charge is -2.35. The van der Waals surface area contributed by atoms with Crippen molar-refractivity contribution in [1.29, 1.82) is 0 Å². The largest absolute Gasteiger partial charge is 0.430 e. The molecule has 0 saturated carbocycles. The van der Waals surface area contributed by atoms with E-state index in [1.54, 1.807) is 0 Å². The van der Waals surface area contributed by atoms with Crippen LogP contribution in [-0.2, 0) is 5.60 Å². The van der Waals surface area contributed by atoms with Crippen LogP contribution in [0.1, 0.15) is 24.0 Å². The van der Waals surface area contributed by atoms with E-state index in [1.807, 2.05) is 0 Å². The number of hydrogen-bond acceptors (Lipinski definition) is 3. The van der Waals surface area contributed by atoms with Gasteiger partial charge in [0.05, 0.1) is 6.61 Å². The van der Waals surface area contributed by atoms with Gasteiger partial charge < -0.3 is 15.5 Å². The minimum atomic E-state index is -5.98. The zero-order valence-electron chi connectivity index (χ0n) is 16.5. The number of allylic oxidation sites excluding steroid dienone is 4. The van der Waals surface area contributed by atoms with E-state index in [0.717, 1.165) is 18.2 Å². The van der Waals surface area contributed by atoms with Crippen LogP contribution in [0.3, 0.4) is 0 Å². The zero-order chi connectivity index (χ0) is 23.7. The zero-order valence-corrected chi connectivity index (χ0v) is 16.5. The molecule has 0 unspecified atom stereocenters. The Morgan fingerprint density at radius 3 is 2.13 bits per heavy atom. The molecule has 1 saturated heterocycles. The Kier molecular flexibility index (Phi) is 7.09. The Bertz CT molecular complexity index is 842. The lowest BCUT2D eigenvalue weighted by Crippen LogP contribution is -2.53. The second kappa shape index (κ2) is 8.76. The van der Waals surface area contributed by atoms with Gasteiger partial charge in [-0.05, 0) is 24.1 Å². The van der Waals surface area contributed by atoms with Crippen LogP contribution in [-0.4, -0.2) is 42.3 Å². The van der Waals surface area contributed by atoms with Crippen molar-refractivity contribution in [2.24, 2.45) is 5.41 Å². The Hall–Kier alpha value is -2.17. The highest BCUT2D eigenvalue weighted by molar-refractivity contribution is 5.39. The van der Waals surface area contributed by atoms with Gasteiger partial charge in [0.25, 0.3) is 5.60 Å². The predicted molar refractivity (Wildman–Crippen MR) is 101 cm³/mol. The van der Waals surface area contributed by atoms with Crippen LogP contribution in [0.25, 0.3) is 0 Å². The van der Waals surface area contributed by atoms with Crippen molar-refractivity contribution in [1.82, 2.24) is 5.32 Å². The van der Waals surface area contributed by atoms with Crippen molar-refractivity contribution in [3.63, 3.8) is 0 Å². The molecular formula is C21H22F7NO2. The fourth-order valence-electron chi connectivity index (χ4n) is 3.69. The Morgan fingerprint density at radius 1 is 1.13 bits per heavy atom. The molecular weight excluding hydrogens is 431 g/mol. The van der Waals surface area contributed by atoms with E-state index in [-0.39, 0.29) is 13.1 Å². The highest BCUT2D eigenvalue weighted by atomic mass is 19.4. The first-order valence-corrected chi connectivity index (χ1v) is 9.21. The molecule has 1 aliphatic heterocycles. The predicted octanol–water partition coefficient (Wildman–Crippen LogP) is 4.65. The second-order valence-electron chi connectivity index (χ2n) is 7.36. The van der Waals surface area contributed by atoms with Crippen LogP contribution in [0.15, 0.2) is 60.5 Å². The molecule has 31 heavy (non-hydrogen) atoms. The number of halogens is 7. The number of benzene rings is 1. The van der Waals surface area contributed by atoms with Crippen LogP contribution < -0.4 is 5.32 Å². The third-order valence-corrected chi connectivity index (χ3v) is 5.65. The quantitative estimate of drug-likeness (QED) is 0.434. The molecule has 1 fully saturated rings. The molecule has 3 nitrogen and oxygen atoms in total. The Morgan fingerprint density at radius 2 is 1.68 bits per heavy atom. The maximum absolute atomic E-state index is 13.4. The van der Waals surface area contributed by atoms with E-state index < -0.39 is 47.3 Å². The highest BCUT2D eigenvalue weighted by Crippen LogP contribution is 2.51. The summed E-state index contributed by atoms with van der Waals surface area (Å²) >= 11 is 0. The van der Waals surface area contributed by atoms with E-state index >= 15 is 0 Å².